The molecule has 0 radical (unpaired) electrons. The van der Waals surface area contributed by atoms with E-state index in [0.717, 1.165) is 17.7 Å². The molecule has 2 aromatic carbocycles. The quantitative estimate of drug-likeness (QED) is 0.794. The zero-order valence-electron chi connectivity index (χ0n) is 11.6. The average molecular weight is 282 g/mol. The normalized spacial score (nSPS) is 18.2. The summed E-state index contributed by atoms with van der Waals surface area (Å²) >= 11 is 0. The molecule has 0 bridgehead atoms. The van der Waals surface area contributed by atoms with E-state index in [1.54, 1.807) is 18.2 Å². The summed E-state index contributed by atoms with van der Waals surface area (Å²) in [7, 11) is 0. The molecular formula is C17H14O4. The van der Waals surface area contributed by atoms with Crippen molar-refractivity contribution in [3.05, 3.63) is 53.1 Å². The van der Waals surface area contributed by atoms with Gasteiger partial charge in [0.25, 0.3) is 0 Å². The first-order chi connectivity index (χ1) is 10.2. The van der Waals surface area contributed by atoms with E-state index in [0.29, 0.717) is 22.6 Å². The van der Waals surface area contributed by atoms with Crippen molar-refractivity contribution in [3.8, 4) is 17.2 Å². The lowest BCUT2D eigenvalue weighted by Crippen LogP contribution is -2.05. The van der Waals surface area contributed by atoms with Gasteiger partial charge in [0.2, 0.25) is 6.79 Å². The van der Waals surface area contributed by atoms with Gasteiger partial charge in [0.05, 0.1) is 0 Å². The number of hydrogen-bond acceptors (Lipinski definition) is 4. The fourth-order valence-electron chi connectivity index (χ4n) is 2.77. The second-order valence-electron chi connectivity index (χ2n) is 5.35. The summed E-state index contributed by atoms with van der Waals surface area (Å²) in [4.78, 5) is 12.6. The third-order valence-corrected chi connectivity index (χ3v) is 3.79. The topological polar surface area (TPSA) is 44.8 Å². The van der Waals surface area contributed by atoms with Gasteiger partial charge < -0.3 is 14.2 Å². The largest absolute Gasteiger partial charge is 0.490 e. The number of benzene rings is 2. The Labute approximate surface area is 122 Å². The van der Waals surface area contributed by atoms with Gasteiger partial charge in [-0.05, 0) is 48.9 Å². The van der Waals surface area contributed by atoms with Gasteiger partial charge in [-0.15, -0.1) is 0 Å². The summed E-state index contributed by atoms with van der Waals surface area (Å²) in [5.74, 6) is 2.17. The molecule has 1 atom stereocenters. The molecule has 0 aromatic heterocycles. The van der Waals surface area contributed by atoms with Crippen LogP contribution in [-0.2, 0) is 6.42 Å². The summed E-state index contributed by atoms with van der Waals surface area (Å²) in [6.45, 7) is 2.24. The highest BCUT2D eigenvalue weighted by Crippen LogP contribution is 2.34. The van der Waals surface area contributed by atoms with Crippen LogP contribution in [0, 0.1) is 0 Å². The molecule has 4 heteroatoms. The zero-order chi connectivity index (χ0) is 14.4. The zero-order valence-corrected chi connectivity index (χ0v) is 11.6. The van der Waals surface area contributed by atoms with Gasteiger partial charge in [0.1, 0.15) is 11.9 Å². The van der Waals surface area contributed by atoms with Crippen molar-refractivity contribution in [2.24, 2.45) is 0 Å². The Morgan fingerprint density at radius 2 is 1.71 bits per heavy atom. The van der Waals surface area contributed by atoms with Crippen LogP contribution >= 0.6 is 0 Å². The minimum atomic E-state index is -0.0179. The Bertz CT molecular complexity index is 736. The minimum Gasteiger partial charge on any atom is -0.490 e. The van der Waals surface area contributed by atoms with Crippen LogP contribution in [0.15, 0.2) is 36.4 Å². The molecule has 0 saturated heterocycles. The van der Waals surface area contributed by atoms with E-state index in [2.05, 4.69) is 0 Å². The molecule has 0 N–H and O–H groups in total. The second-order valence-corrected chi connectivity index (χ2v) is 5.35. The van der Waals surface area contributed by atoms with Crippen LogP contribution in [0.2, 0.25) is 0 Å². The third-order valence-electron chi connectivity index (χ3n) is 3.79. The number of ketones is 1. The van der Waals surface area contributed by atoms with Gasteiger partial charge in [0.15, 0.2) is 17.3 Å². The van der Waals surface area contributed by atoms with E-state index < -0.39 is 0 Å². The monoisotopic (exact) mass is 282 g/mol. The van der Waals surface area contributed by atoms with Gasteiger partial charge in [-0.1, -0.05) is 0 Å². The van der Waals surface area contributed by atoms with Crippen LogP contribution in [0.4, 0.5) is 0 Å². The van der Waals surface area contributed by atoms with Crippen molar-refractivity contribution in [1.82, 2.24) is 0 Å². The molecule has 4 nitrogen and oxygen atoms in total. The van der Waals surface area contributed by atoms with Crippen LogP contribution in [0.3, 0.4) is 0 Å². The number of fused-ring (bicyclic) bond motifs is 2. The molecule has 0 fully saturated rings. The number of carbonyl (C=O) groups excluding carboxylic acids is 1. The maximum Gasteiger partial charge on any atom is 0.231 e. The molecule has 2 heterocycles. The third kappa shape index (κ3) is 2.03. The van der Waals surface area contributed by atoms with Crippen LogP contribution in [0.25, 0.3) is 0 Å². The first-order valence-corrected chi connectivity index (χ1v) is 6.94. The number of carbonyl (C=O) groups is 1. The maximum atomic E-state index is 12.6. The highest BCUT2D eigenvalue weighted by molar-refractivity contribution is 6.09. The van der Waals surface area contributed by atoms with E-state index in [4.69, 9.17) is 14.2 Å². The Kier molecular flexibility index (Phi) is 2.64. The standard InChI is InChI=1S/C17H14O4/c1-10-6-13-7-11(2-4-14(13)21-10)17(18)12-3-5-15-16(8-12)20-9-19-15/h2-5,7-8,10H,6,9H2,1H3. The maximum absolute atomic E-state index is 12.6. The van der Waals surface area contributed by atoms with E-state index in [1.165, 1.54) is 0 Å². The van der Waals surface area contributed by atoms with E-state index in [1.807, 2.05) is 25.1 Å². The van der Waals surface area contributed by atoms with E-state index in [-0.39, 0.29) is 18.7 Å². The summed E-state index contributed by atoms with van der Waals surface area (Å²) < 4.78 is 16.2. The summed E-state index contributed by atoms with van der Waals surface area (Å²) in [6, 6.07) is 10.9. The van der Waals surface area contributed by atoms with Crippen LogP contribution in [-0.4, -0.2) is 18.7 Å². The summed E-state index contributed by atoms with van der Waals surface area (Å²) in [5.41, 5.74) is 2.37. The fourth-order valence-corrected chi connectivity index (χ4v) is 2.77. The Balaban J connectivity index is 1.68. The highest BCUT2D eigenvalue weighted by atomic mass is 16.7. The number of ether oxygens (including phenoxy) is 3. The molecule has 2 aliphatic rings. The highest BCUT2D eigenvalue weighted by Gasteiger charge is 2.22. The van der Waals surface area contributed by atoms with E-state index in [9.17, 15) is 4.79 Å². The van der Waals surface area contributed by atoms with Crippen molar-refractivity contribution in [2.75, 3.05) is 6.79 Å². The molecule has 106 valence electrons. The first-order valence-electron chi connectivity index (χ1n) is 6.94. The fraction of sp³-hybridized carbons (Fsp3) is 0.235. The molecule has 1 unspecified atom stereocenters. The van der Waals surface area contributed by atoms with Crippen molar-refractivity contribution in [3.63, 3.8) is 0 Å². The van der Waals surface area contributed by atoms with Gasteiger partial charge in [-0.3, -0.25) is 4.79 Å². The van der Waals surface area contributed by atoms with Crippen LogP contribution < -0.4 is 14.2 Å². The minimum absolute atomic E-state index is 0.0179. The Morgan fingerprint density at radius 3 is 2.57 bits per heavy atom. The van der Waals surface area contributed by atoms with Crippen molar-refractivity contribution in [1.29, 1.82) is 0 Å². The predicted octanol–water partition coefficient (Wildman–Crippen LogP) is 2.97. The molecule has 2 aliphatic heterocycles. The number of rotatable bonds is 2. The van der Waals surface area contributed by atoms with Gasteiger partial charge in [0, 0.05) is 17.5 Å². The van der Waals surface area contributed by atoms with Crippen LogP contribution in [0.1, 0.15) is 28.4 Å². The first kappa shape index (κ1) is 12.3. The lowest BCUT2D eigenvalue weighted by Gasteiger charge is -2.05. The lowest BCUT2D eigenvalue weighted by molar-refractivity contribution is 0.103. The Hall–Kier alpha value is -2.49. The SMILES string of the molecule is CC1Cc2cc(C(=O)c3ccc4c(c3)OCO4)ccc2O1. The van der Waals surface area contributed by atoms with Gasteiger partial charge >= 0.3 is 0 Å². The molecular weight excluding hydrogens is 268 g/mol. The molecule has 0 spiro atoms. The molecule has 0 amide bonds. The summed E-state index contributed by atoms with van der Waals surface area (Å²) in [5, 5.41) is 0. The molecule has 0 aliphatic carbocycles. The van der Waals surface area contributed by atoms with Crippen molar-refractivity contribution >= 4 is 5.78 Å². The van der Waals surface area contributed by atoms with Crippen molar-refractivity contribution < 1.29 is 19.0 Å². The molecule has 2 aromatic rings. The smallest absolute Gasteiger partial charge is 0.231 e. The van der Waals surface area contributed by atoms with Crippen molar-refractivity contribution in [2.45, 2.75) is 19.4 Å². The Morgan fingerprint density at radius 1 is 1.00 bits per heavy atom. The van der Waals surface area contributed by atoms with Crippen LogP contribution in [0.5, 0.6) is 17.2 Å². The average Bonchev–Trinajstić information content (AvgIpc) is 3.09. The molecule has 0 saturated carbocycles. The number of hydrogen-bond donors (Lipinski definition) is 0. The van der Waals surface area contributed by atoms with E-state index >= 15 is 0 Å². The van der Waals surface area contributed by atoms with Gasteiger partial charge in [-0.25, -0.2) is 0 Å². The van der Waals surface area contributed by atoms with Gasteiger partial charge in [-0.2, -0.15) is 0 Å². The molecule has 21 heavy (non-hydrogen) atoms. The lowest BCUT2D eigenvalue weighted by atomic mass is 9.99. The second kappa shape index (κ2) is 4.52. The molecule has 4 rings (SSSR count). The predicted molar refractivity (Wildman–Crippen MR) is 76.2 cm³/mol. The summed E-state index contributed by atoms with van der Waals surface area (Å²) in [6.07, 6.45) is 1.02.